The summed E-state index contributed by atoms with van der Waals surface area (Å²) in [5, 5.41) is 0. The second-order valence-corrected chi connectivity index (χ2v) is 5.47. The molecule has 0 radical (unpaired) electrons. The van der Waals surface area contributed by atoms with E-state index in [4.69, 9.17) is 20.9 Å². The van der Waals surface area contributed by atoms with Crippen LogP contribution in [0.2, 0.25) is 0 Å². The number of methoxy groups -OCH3 is 1. The van der Waals surface area contributed by atoms with Gasteiger partial charge in [0, 0.05) is 13.7 Å². The Balaban J connectivity index is 2.89. The van der Waals surface area contributed by atoms with E-state index in [1.54, 1.807) is 7.11 Å². The highest BCUT2D eigenvalue weighted by atomic mass is 79.9. The number of hydrogen-bond donors (Lipinski definition) is 2. The Bertz CT molecular complexity index is 361. The molecule has 0 aliphatic carbocycles. The Morgan fingerprint density at radius 1 is 1.22 bits per heavy atom. The standard InChI is InChI=1S/C12H18Br2N2O2/c1-17-11(7-16)8-5-9(13)12(10(14)6-8)18-4-2-3-15/h5-6,11H,2-4,7,15-16H2,1H3. The molecule has 0 spiro atoms. The molecule has 1 aromatic carbocycles. The van der Waals surface area contributed by atoms with Gasteiger partial charge in [0.05, 0.1) is 21.7 Å². The third-order valence-corrected chi connectivity index (χ3v) is 3.66. The highest BCUT2D eigenvalue weighted by molar-refractivity contribution is 9.11. The van der Waals surface area contributed by atoms with Crippen molar-refractivity contribution in [1.29, 1.82) is 0 Å². The molecule has 0 aliphatic heterocycles. The molecule has 0 saturated heterocycles. The lowest BCUT2D eigenvalue weighted by atomic mass is 10.1. The Labute approximate surface area is 124 Å². The minimum Gasteiger partial charge on any atom is -0.491 e. The van der Waals surface area contributed by atoms with Crippen LogP contribution in [0.3, 0.4) is 0 Å². The summed E-state index contributed by atoms with van der Waals surface area (Å²) in [6.07, 6.45) is 0.708. The molecular formula is C12H18Br2N2O2. The molecular weight excluding hydrogens is 364 g/mol. The van der Waals surface area contributed by atoms with Gasteiger partial charge in [-0.2, -0.15) is 0 Å². The quantitative estimate of drug-likeness (QED) is 0.712. The number of ether oxygens (including phenoxy) is 2. The molecule has 4 nitrogen and oxygen atoms in total. The van der Waals surface area contributed by atoms with Crippen LogP contribution in [0.5, 0.6) is 5.75 Å². The molecule has 1 atom stereocenters. The summed E-state index contributed by atoms with van der Waals surface area (Å²) in [7, 11) is 1.64. The zero-order chi connectivity index (χ0) is 13.5. The van der Waals surface area contributed by atoms with Gasteiger partial charge in [-0.05, 0) is 62.5 Å². The first kappa shape index (κ1) is 15.9. The van der Waals surface area contributed by atoms with Gasteiger partial charge in [-0.25, -0.2) is 0 Å². The average molecular weight is 382 g/mol. The number of halogens is 2. The zero-order valence-corrected chi connectivity index (χ0v) is 13.5. The summed E-state index contributed by atoms with van der Waals surface area (Å²) < 4.78 is 12.7. The smallest absolute Gasteiger partial charge is 0.147 e. The van der Waals surface area contributed by atoms with Crippen LogP contribution < -0.4 is 16.2 Å². The minimum absolute atomic E-state index is 0.115. The first-order valence-electron chi connectivity index (χ1n) is 5.68. The highest BCUT2D eigenvalue weighted by Gasteiger charge is 2.14. The van der Waals surface area contributed by atoms with Crippen molar-refractivity contribution in [3.8, 4) is 5.75 Å². The molecule has 1 aromatic rings. The SMILES string of the molecule is COC(CN)c1cc(Br)c(OCCCN)c(Br)c1. The van der Waals surface area contributed by atoms with Crippen molar-refractivity contribution in [2.24, 2.45) is 11.5 Å². The van der Waals surface area contributed by atoms with Crippen LogP contribution in [-0.4, -0.2) is 26.8 Å². The maximum atomic E-state index is 5.66. The Morgan fingerprint density at radius 2 is 1.83 bits per heavy atom. The molecule has 18 heavy (non-hydrogen) atoms. The molecule has 0 aliphatic rings. The summed E-state index contributed by atoms with van der Waals surface area (Å²) >= 11 is 6.99. The predicted molar refractivity (Wildman–Crippen MR) is 79.8 cm³/mol. The predicted octanol–water partition coefficient (Wildman–Crippen LogP) is 2.59. The van der Waals surface area contributed by atoms with E-state index in [1.165, 1.54) is 0 Å². The van der Waals surface area contributed by atoms with Gasteiger partial charge >= 0.3 is 0 Å². The van der Waals surface area contributed by atoms with E-state index in [0.717, 1.165) is 26.7 Å². The van der Waals surface area contributed by atoms with Crippen LogP contribution in [0.1, 0.15) is 18.1 Å². The molecule has 0 fully saturated rings. The molecule has 0 amide bonds. The van der Waals surface area contributed by atoms with Crippen molar-refractivity contribution in [1.82, 2.24) is 0 Å². The second kappa shape index (κ2) is 8.12. The van der Waals surface area contributed by atoms with Crippen LogP contribution >= 0.6 is 31.9 Å². The van der Waals surface area contributed by atoms with Crippen molar-refractivity contribution in [2.75, 3.05) is 26.8 Å². The maximum Gasteiger partial charge on any atom is 0.147 e. The van der Waals surface area contributed by atoms with Crippen molar-refractivity contribution in [3.63, 3.8) is 0 Å². The lowest BCUT2D eigenvalue weighted by Crippen LogP contribution is -2.14. The average Bonchev–Trinajstić information content (AvgIpc) is 2.34. The fraction of sp³-hybridized carbons (Fsp3) is 0.500. The Hall–Kier alpha value is -0.140. The zero-order valence-electron chi connectivity index (χ0n) is 10.3. The molecule has 0 heterocycles. The van der Waals surface area contributed by atoms with Gasteiger partial charge in [-0.3, -0.25) is 0 Å². The number of rotatable bonds is 7. The largest absolute Gasteiger partial charge is 0.491 e. The molecule has 6 heteroatoms. The van der Waals surface area contributed by atoms with Crippen molar-refractivity contribution >= 4 is 31.9 Å². The molecule has 0 aromatic heterocycles. The van der Waals surface area contributed by atoms with Gasteiger partial charge in [0.2, 0.25) is 0 Å². The molecule has 1 unspecified atom stereocenters. The van der Waals surface area contributed by atoms with Crippen molar-refractivity contribution in [2.45, 2.75) is 12.5 Å². The lowest BCUT2D eigenvalue weighted by Gasteiger charge is -2.17. The summed E-state index contributed by atoms with van der Waals surface area (Å²) in [6.45, 7) is 1.65. The van der Waals surface area contributed by atoms with E-state index in [-0.39, 0.29) is 6.10 Å². The fourth-order valence-corrected chi connectivity index (χ4v) is 2.98. The van der Waals surface area contributed by atoms with E-state index in [9.17, 15) is 0 Å². The van der Waals surface area contributed by atoms with Gasteiger partial charge in [0.15, 0.2) is 0 Å². The summed E-state index contributed by atoms with van der Waals surface area (Å²) in [5.74, 6) is 0.777. The fourth-order valence-electron chi connectivity index (χ4n) is 1.53. The monoisotopic (exact) mass is 380 g/mol. The number of benzene rings is 1. The maximum absolute atomic E-state index is 5.66. The van der Waals surface area contributed by atoms with E-state index in [0.29, 0.717) is 19.7 Å². The summed E-state index contributed by atoms with van der Waals surface area (Å²) in [6, 6.07) is 3.92. The number of hydrogen-bond acceptors (Lipinski definition) is 4. The first-order chi connectivity index (χ1) is 8.63. The van der Waals surface area contributed by atoms with Crippen molar-refractivity contribution in [3.05, 3.63) is 26.6 Å². The van der Waals surface area contributed by atoms with Gasteiger partial charge in [-0.15, -0.1) is 0 Å². The van der Waals surface area contributed by atoms with E-state index < -0.39 is 0 Å². The van der Waals surface area contributed by atoms with Crippen molar-refractivity contribution < 1.29 is 9.47 Å². The van der Waals surface area contributed by atoms with E-state index in [2.05, 4.69) is 31.9 Å². The Morgan fingerprint density at radius 3 is 2.28 bits per heavy atom. The van der Waals surface area contributed by atoms with Gasteiger partial charge in [0.1, 0.15) is 5.75 Å². The van der Waals surface area contributed by atoms with Crippen LogP contribution in [0.25, 0.3) is 0 Å². The third kappa shape index (κ3) is 4.20. The molecule has 4 N–H and O–H groups in total. The Kier molecular flexibility index (Phi) is 7.18. The second-order valence-electron chi connectivity index (χ2n) is 3.76. The normalized spacial score (nSPS) is 12.5. The molecule has 0 saturated carbocycles. The molecule has 102 valence electrons. The van der Waals surface area contributed by atoms with Crippen LogP contribution in [0, 0.1) is 0 Å². The van der Waals surface area contributed by atoms with Crippen LogP contribution in [0.4, 0.5) is 0 Å². The summed E-state index contributed by atoms with van der Waals surface area (Å²) in [4.78, 5) is 0. The van der Waals surface area contributed by atoms with E-state index in [1.807, 2.05) is 12.1 Å². The number of nitrogens with two attached hydrogens (primary N) is 2. The molecule has 0 bridgehead atoms. The van der Waals surface area contributed by atoms with Crippen LogP contribution in [0.15, 0.2) is 21.1 Å². The van der Waals surface area contributed by atoms with E-state index >= 15 is 0 Å². The highest BCUT2D eigenvalue weighted by Crippen LogP contribution is 2.36. The lowest BCUT2D eigenvalue weighted by molar-refractivity contribution is 0.110. The molecule has 1 rings (SSSR count). The topological polar surface area (TPSA) is 70.5 Å². The summed E-state index contributed by atoms with van der Waals surface area (Å²) in [5.41, 5.74) is 12.1. The minimum atomic E-state index is -0.115. The van der Waals surface area contributed by atoms with Crippen LogP contribution in [-0.2, 0) is 4.74 Å². The van der Waals surface area contributed by atoms with Gasteiger partial charge in [-0.1, -0.05) is 0 Å². The first-order valence-corrected chi connectivity index (χ1v) is 7.27. The third-order valence-electron chi connectivity index (χ3n) is 2.49. The van der Waals surface area contributed by atoms with Gasteiger partial charge < -0.3 is 20.9 Å². The van der Waals surface area contributed by atoms with Gasteiger partial charge in [0.25, 0.3) is 0 Å².